The molecule has 3 aromatic rings. The Hall–Kier alpha value is -2.82. The average Bonchev–Trinajstić information content (AvgIpc) is 3.01. The number of fused-ring (bicyclic) bond motifs is 1. The molecule has 2 heterocycles. The third-order valence-corrected chi connectivity index (χ3v) is 3.68. The Morgan fingerprint density at radius 1 is 1.04 bits per heavy atom. The molecule has 2 amide bonds. The van der Waals surface area contributed by atoms with Gasteiger partial charge in [-0.15, -0.1) is 0 Å². The molecule has 0 spiro atoms. The lowest BCUT2D eigenvalue weighted by Gasteiger charge is -2.08. The van der Waals surface area contributed by atoms with Crippen molar-refractivity contribution in [1.82, 2.24) is 20.2 Å². The zero-order chi connectivity index (χ0) is 15.9. The normalized spacial score (nSPS) is 10.6. The Labute approximate surface area is 135 Å². The van der Waals surface area contributed by atoms with E-state index in [4.69, 9.17) is 0 Å². The Morgan fingerprint density at radius 3 is 2.78 bits per heavy atom. The molecule has 2 N–H and O–H groups in total. The maximum atomic E-state index is 11.7. The Balaban J connectivity index is 1.39. The van der Waals surface area contributed by atoms with Crippen LogP contribution in [0.25, 0.3) is 11.0 Å². The molecule has 0 aliphatic rings. The van der Waals surface area contributed by atoms with Crippen LogP contribution in [0.4, 0.5) is 4.79 Å². The summed E-state index contributed by atoms with van der Waals surface area (Å²) in [4.78, 5) is 16.1. The van der Waals surface area contributed by atoms with E-state index in [1.54, 1.807) is 6.20 Å². The molecule has 3 rings (SSSR count). The van der Waals surface area contributed by atoms with Gasteiger partial charge in [-0.25, -0.2) is 9.78 Å². The number of aryl methyl sites for hydroxylation is 1. The van der Waals surface area contributed by atoms with Crippen LogP contribution in [-0.2, 0) is 13.1 Å². The molecule has 5 heteroatoms. The van der Waals surface area contributed by atoms with E-state index in [1.165, 1.54) is 0 Å². The van der Waals surface area contributed by atoms with E-state index in [9.17, 15) is 4.79 Å². The average molecular weight is 308 g/mol. The van der Waals surface area contributed by atoms with Crippen molar-refractivity contribution < 1.29 is 4.79 Å². The molecule has 2 aromatic heterocycles. The summed E-state index contributed by atoms with van der Waals surface area (Å²) in [6.45, 7) is 2.01. The van der Waals surface area contributed by atoms with Crippen molar-refractivity contribution in [3.8, 4) is 0 Å². The van der Waals surface area contributed by atoms with Gasteiger partial charge < -0.3 is 15.2 Å². The predicted octanol–water partition coefficient (Wildman–Crippen LogP) is 2.93. The van der Waals surface area contributed by atoms with Crippen molar-refractivity contribution >= 4 is 17.1 Å². The van der Waals surface area contributed by atoms with Crippen molar-refractivity contribution in [2.45, 2.75) is 19.5 Å². The van der Waals surface area contributed by atoms with E-state index in [2.05, 4.69) is 26.3 Å². The van der Waals surface area contributed by atoms with E-state index in [-0.39, 0.29) is 6.03 Å². The second-order valence-corrected chi connectivity index (χ2v) is 5.37. The molecule has 0 bridgehead atoms. The lowest BCUT2D eigenvalue weighted by molar-refractivity contribution is 0.240. The topological polar surface area (TPSA) is 59.0 Å². The minimum Gasteiger partial charge on any atom is -0.338 e. The number of hydrogen-bond acceptors (Lipinski definition) is 2. The summed E-state index contributed by atoms with van der Waals surface area (Å²) in [6.07, 6.45) is 4.69. The molecule has 0 saturated heterocycles. The van der Waals surface area contributed by atoms with Gasteiger partial charge in [-0.2, -0.15) is 0 Å². The Bertz CT molecular complexity index is 767. The number of amides is 2. The van der Waals surface area contributed by atoms with E-state index in [1.807, 2.05) is 48.7 Å². The van der Waals surface area contributed by atoms with Gasteiger partial charge in [0.05, 0.1) is 0 Å². The summed E-state index contributed by atoms with van der Waals surface area (Å²) in [6, 6.07) is 15.8. The van der Waals surface area contributed by atoms with Gasteiger partial charge in [0, 0.05) is 37.4 Å². The smallest absolute Gasteiger partial charge is 0.315 e. The minimum atomic E-state index is -0.135. The highest BCUT2D eigenvalue weighted by Gasteiger charge is 2.02. The van der Waals surface area contributed by atoms with Crippen molar-refractivity contribution in [1.29, 1.82) is 0 Å². The first-order chi connectivity index (χ1) is 11.3. The standard InChI is InChI=1S/C18H20N4O/c23-18(21-14-15-6-2-1-3-7-15)20-11-5-12-22-13-9-16-8-4-10-19-17(16)22/h1-4,6-10,13H,5,11-12,14H2,(H2,20,21,23). The molecular weight excluding hydrogens is 288 g/mol. The second-order valence-electron chi connectivity index (χ2n) is 5.37. The fourth-order valence-electron chi connectivity index (χ4n) is 2.49. The highest BCUT2D eigenvalue weighted by molar-refractivity contribution is 5.75. The summed E-state index contributed by atoms with van der Waals surface area (Å²) >= 11 is 0. The fourth-order valence-corrected chi connectivity index (χ4v) is 2.49. The van der Waals surface area contributed by atoms with Crippen LogP contribution in [0.2, 0.25) is 0 Å². The summed E-state index contributed by atoms with van der Waals surface area (Å²) < 4.78 is 2.11. The van der Waals surface area contributed by atoms with Gasteiger partial charge in [0.2, 0.25) is 0 Å². The molecular formula is C18H20N4O. The number of urea groups is 1. The number of carbonyl (C=O) groups excluding carboxylic acids is 1. The number of aromatic nitrogens is 2. The molecule has 0 fully saturated rings. The van der Waals surface area contributed by atoms with Crippen molar-refractivity contribution in [2.75, 3.05) is 6.54 Å². The molecule has 1 aromatic carbocycles. The second kappa shape index (κ2) is 7.45. The highest BCUT2D eigenvalue weighted by atomic mass is 16.2. The third-order valence-electron chi connectivity index (χ3n) is 3.68. The molecule has 0 aliphatic heterocycles. The summed E-state index contributed by atoms with van der Waals surface area (Å²) in [5, 5.41) is 6.87. The van der Waals surface area contributed by atoms with Crippen molar-refractivity contribution in [2.24, 2.45) is 0 Å². The van der Waals surface area contributed by atoms with Crippen LogP contribution >= 0.6 is 0 Å². The van der Waals surface area contributed by atoms with Crippen LogP contribution in [-0.4, -0.2) is 22.1 Å². The van der Waals surface area contributed by atoms with E-state index in [0.29, 0.717) is 13.1 Å². The molecule has 0 saturated carbocycles. The lowest BCUT2D eigenvalue weighted by Crippen LogP contribution is -2.35. The summed E-state index contributed by atoms with van der Waals surface area (Å²) in [5.41, 5.74) is 2.08. The first-order valence-corrected chi connectivity index (χ1v) is 7.78. The van der Waals surface area contributed by atoms with E-state index < -0.39 is 0 Å². The molecule has 0 radical (unpaired) electrons. The van der Waals surface area contributed by atoms with Crippen LogP contribution in [0.3, 0.4) is 0 Å². The lowest BCUT2D eigenvalue weighted by atomic mass is 10.2. The highest BCUT2D eigenvalue weighted by Crippen LogP contribution is 2.12. The zero-order valence-corrected chi connectivity index (χ0v) is 12.9. The number of hydrogen-bond donors (Lipinski definition) is 2. The summed E-state index contributed by atoms with van der Waals surface area (Å²) in [5.74, 6) is 0. The largest absolute Gasteiger partial charge is 0.338 e. The van der Waals surface area contributed by atoms with Gasteiger partial charge in [0.1, 0.15) is 5.65 Å². The number of nitrogens with zero attached hydrogens (tertiary/aromatic N) is 2. The number of carbonyl (C=O) groups is 1. The van der Waals surface area contributed by atoms with Crippen molar-refractivity contribution in [3.63, 3.8) is 0 Å². The zero-order valence-electron chi connectivity index (χ0n) is 12.9. The van der Waals surface area contributed by atoms with Gasteiger partial charge in [-0.3, -0.25) is 0 Å². The van der Waals surface area contributed by atoms with Gasteiger partial charge >= 0.3 is 6.03 Å². The van der Waals surface area contributed by atoms with E-state index >= 15 is 0 Å². The molecule has 23 heavy (non-hydrogen) atoms. The van der Waals surface area contributed by atoms with Crippen LogP contribution < -0.4 is 10.6 Å². The maximum absolute atomic E-state index is 11.7. The number of pyridine rings is 1. The number of nitrogens with one attached hydrogen (secondary N) is 2. The molecule has 0 atom stereocenters. The fraction of sp³-hybridized carbons (Fsp3) is 0.222. The van der Waals surface area contributed by atoms with E-state index in [0.717, 1.165) is 29.6 Å². The van der Waals surface area contributed by atoms with Crippen LogP contribution in [0.15, 0.2) is 60.9 Å². The Morgan fingerprint density at radius 2 is 1.91 bits per heavy atom. The first kappa shape index (κ1) is 15.1. The molecule has 118 valence electrons. The molecule has 0 aliphatic carbocycles. The number of rotatable bonds is 6. The minimum absolute atomic E-state index is 0.135. The van der Waals surface area contributed by atoms with Crippen LogP contribution in [0.1, 0.15) is 12.0 Å². The number of benzene rings is 1. The van der Waals surface area contributed by atoms with Crippen LogP contribution in [0.5, 0.6) is 0 Å². The predicted molar refractivity (Wildman–Crippen MR) is 91.0 cm³/mol. The van der Waals surface area contributed by atoms with Gasteiger partial charge in [-0.05, 0) is 30.2 Å². The van der Waals surface area contributed by atoms with Gasteiger partial charge in [0.25, 0.3) is 0 Å². The first-order valence-electron chi connectivity index (χ1n) is 7.78. The van der Waals surface area contributed by atoms with Gasteiger partial charge in [-0.1, -0.05) is 30.3 Å². The monoisotopic (exact) mass is 308 g/mol. The quantitative estimate of drug-likeness (QED) is 0.688. The van der Waals surface area contributed by atoms with Crippen LogP contribution in [0, 0.1) is 0 Å². The SMILES string of the molecule is O=C(NCCCn1ccc2cccnc21)NCc1ccccc1. The molecule has 5 nitrogen and oxygen atoms in total. The maximum Gasteiger partial charge on any atom is 0.315 e. The Kier molecular flexibility index (Phi) is 4.88. The van der Waals surface area contributed by atoms with Gasteiger partial charge in [0.15, 0.2) is 0 Å². The van der Waals surface area contributed by atoms with Crippen molar-refractivity contribution in [3.05, 3.63) is 66.5 Å². The third kappa shape index (κ3) is 4.10. The summed E-state index contributed by atoms with van der Waals surface area (Å²) in [7, 11) is 0. The molecule has 0 unspecified atom stereocenters.